The van der Waals surface area contributed by atoms with Gasteiger partial charge in [-0.3, -0.25) is 9.59 Å². The SMILES string of the molecule is CCC(C)NC(=O)CCNC(=O)NCC(=O)NCCc1ccccc1. The van der Waals surface area contributed by atoms with E-state index in [1.807, 2.05) is 44.2 Å². The molecule has 4 N–H and O–H groups in total. The summed E-state index contributed by atoms with van der Waals surface area (Å²) in [6.07, 6.45) is 1.81. The van der Waals surface area contributed by atoms with Gasteiger partial charge in [-0.25, -0.2) is 4.79 Å². The van der Waals surface area contributed by atoms with Crippen LogP contribution in [0.2, 0.25) is 0 Å². The van der Waals surface area contributed by atoms with Crippen LogP contribution in [0.25, 0.3) is 0 Å². The van der Waals surface area contributed by atoms with E-state index < -0.39 is 6.03 Å². The molecule has 7 nitrogen and oxygen atoms in total. The molecule has 0 fully saturated rings. The molecule has 138 valence electrons. The number of amides is 4. The summed E-state index contributed by atoms with van der Waals surface area (Å²) in [5.41, 5.74) is 1.14. The van der Waals surface area contributed by atoms with E-state index in [9.17, 15) is 14.4 Å². The molecule has 0 aromatic heterocycles. The highest BCUT2D eigenvalue weighted by Crippen LogP contribution is 1.97. The number of rotatable bonds is 10. The van der Waals surface area contributed by atoms with Gasteiger partial charge in [-0.2, -0.15) is 0 Å². The number of benzene rings is 1. The zero-order valence-corrected chi connectivity index (χ0v) is 14.9. The van der Waals surface area contributed by atoms with Crippen molar-refractivity contribution < 1.29 is 14.4 Å². The fraction of sp³-hybridized carbons (Fsp3) is 0.500. The molecule has 0 aliphatic rings. The molecule has 1 unspecified atom stereocenters. The van der Waals surface area contributed by atoms with Gasteiger partial charge in [0.25, 0.3) is 0 Å². The zero-order valence-electron chi connectivity index (χ0n) is 14.9. The Hall–Kier alpha value is -2.57. The van der Waals surface area contributed by atoms with Gasteiger partial charge in [0, 0.05) is 25.6 Å². The fourth-order valence-electron chi connectivity index (χ4n) is 2.02. The third-order valence-corrected chi connectivity index (χ3v) is 3.65. The summed E-state index contributed by atoms with van der Waals surface area (Å²) >= 11 is 0. The van der Waals surface area contributed by atoms with Crippen molar-refractivity contribution in [2.45, 2.75) is 39.2 Å². The van der Waals surface area contributed by atoms with Crippen molar-refractivity contribution >= 4 is 17.8 Å². The second-order valence-electron chi connectivity index (χ2n) is 5.82. The first-order valence-electron chi connectivity index (χ1n) is 8.63. The molecule has 4 amide bonds. The van der Waals surface area contributed by atoms with E-state index >= 15 is 0 Å². The van der Waals surface area contributed by atoms with Gasteiger partial charge in [0.2, 0.25) is 11.8 Å². The van der Waals surface area contributed by atoms with Crippen LogP contribution in [0.15, 0.2) is 30.3 Å². The normalized spacial score (nSPS) is 11.3. The minimum Gasteiger partial charge on any atom is -0.354 e. The second-order valence-corrected chi connectivity index (χ2v) is 5.82. The Kier molecular flexibility index (Phi) is 9.74. The Morgan fingerprint density at radius 2 is 1.68 bits per heavy atom. The van der Waals surface area contributed by atoms with Gasteiger partial charge in [0.15, 0.2) is 0 Å². The first kappa shape index (κ1) is 20.5. The smallest absolute Gasteiger partial charge is 0.315 e. The molecule has 0 saturated heterocycles. The van der Waals surface area contributed by atoms with Crippen molar-refractivity contribution in [2.24, 2.45) is 0 Å². The first-order chi connectivity index (χ1) is 12.0. The van der Waals surface area contributed by atoms with Crippen LogP contribution in [0.4, 0.5) is 4.79 Å². The van der Waals surface area contributed by atoms with Crippen molar-refractivity contribution in [2.75, 3.05) is 19.6 Å². The summed E-state index contributed by atoms with van der Waals surface area (Å²) in [4.78, 5) is 34.8. The molecule has 0 aliphatic carbocycles. The van der Waals surface area contributed by atoms with Gasteiger partial charge in [0.1, 0.15) is 0 Å². The summed E-state index contributed by atoms with van der Waals surface area (Å²) in [6.45, 7) is 4.56. The number of hydrogen-bond donors (Lipinski definition) is 4. The lowest BCUT2D eigenvalue weighted by Gasteiger charge is -2.12. The van der Waals surface area contributed by atoms with E-state index in [0.29, 0.717) is 6.54 Å². The lowest BCUT2D eigenvalue weighted by molar-refractivity contribution is -0.122. The molecule has 0 heterocycles. The van der Waals surface area contributed by atoms with E-state index in [1.54, 1.807) is 0 Å². The molecular formula is C18H28N4O3. The maximum absolute atomic E-state index is 11.7. The van der Waals surface area contributed by atoms with E-state index in [-0.39, 0.29) is 37.4 Å². The van der Waals surface area contributed by atoms with Crippen LogP contribution in [0.3, 0.4) is 0 Å². The average Bonchev–Trinajstić information content (AvgIpc) is 2.60. The topological polar surface area (TPSA) is 99.3 Å². The van der Waals surface area contributed by atoms with Crippen LogP contribution in [-0.2, 0) is 16.0 Å². The molecule has 0 spiro atoms. The molecule has 0 radical (unpaired) electrons. The van der Waals surface area contributed by atoms with E-state index in [2.05, 4.69) is 21.3 Å². The molecule has 0 aliphatic heterocycles. The second kappa shape index (κ2) is 11.9. The van der Waals surface area contributed by atoms with Crippen LogP contribution in [0.5, 0.6) is 0 Å². The van der Waals surface area contributed by atoms with Crippen molar-refractivity contribution in [1.29, 1.82) is 0 Å². The van der Waals surface area contributed by atoms with E-state index in [0.717, 1.165) is 18.4 Å². The lowest BCUT2D eigenvalue weighted by Crippen LogP contribution is -2.43. The minimum absolute atomic E-state index is 0.0975. The monoisotopic (exact) mass is 348 g/mol. The fourth-order valence-corrected chi connectivity index (χ4v) is 2.02. The maximum Gasteiger partial charge on any atom is 0.315 e. The summed E-state index contributed by atoms with van der Waals surface area (Å²) in [7, 11) is 0. The van der Waals surface area contributed by atoms with Crippen LogP contribution < -0.4 is 21.3 Å². The molecule has 1 atom stereocenters. The average molecular weight is 348 g/mol. The van der Waals surface area contributed by atoms with Crippen LogP contribution in [-0.4, -0.2) is 43.5 Å². The third kappa shape index (κ3) is 10.0. The van der Waals surface area contributed by atoms with Gasteiger partial charge < -0.3 is 21.3 Å². The summed E-state index contributed by atoms with van der Waals surface area (Å²) in [5, 5.41) is 10.6. The van der Waals surface area contributed by atoms with Crippen LogP contribution in [0, 0.1) is 0 Å². The largest absolute Gasteiger partial charge is 0.354 e. The number of nitrogens with one attached hydrogen (secondary N) is 4. The van der Waals surface area contributed by atoms with Crippen molar-refractivity contribution in [3.63, 3.8) is 0 Å². The van der Waals surface area contributed by atoms with Gasteiger partial charge in [-0.05, 0) is 25.3 Å². The molecule has 1 rings (SSSR count). The molecule has 1 aromatic carbocycles. The molecular weight excluding hydrogens is 320 g/mol. The Morgan fingerprint density at radius 1 is 0.960 bits per heavy atom. The molecule has 0 bridgehead atoms. The van der Waals surface area contributed by atoms with Gasteiger partial charge >= 0.3 is 6.03 Å². The lowest BCUT2D eigenvalue weighted by atomic mass is 10.1. The number of carbonyl (C=O) groups is 3. The molecule has 7 heteroatoms. The number of urea groups is 1. The van der Waals surface area contributed by atoms with Gasteiger partial charge in [-0.15, -0.1) is 0 Å². The zero-order chi connectivity index (χ0) is 18.5. The molecule has 1 aromatic rings. The summed E-state index contributed by atoms with van der Waals surface area (Å²) in [5.74, 6) is -0.353. The highest BCUT2D eigenvalue weighted by Gasteiger charge is 2.07. The van der Waals surface area contributed by atoms with Gasteiger partial charge in [-0.1, -0.05) is 37.3 Å². The van der Waals surface area contributed by atoms with Crippen LogP contribution in [0.1, 0.15) is 32.3 Å². The van der Waals surface area contributed by atoms with Gasteiger partial charge in [0.05, 0.1) is 6.54 Å². The Labute approximate surface area is 148 Å². The van der Waals surface area contributed by atoms with E-state index in [1.165, 1.54) is 0 Å². The predicted molar refractivity (Wildman–Crippen MR) is 97.1 cm³/mol. The number of hydrogen-bond acceptors (Lipinski definition) is 3. The minimum atomic E-state index is -0.463. The van der Waals surface area contributed by atoms with Crippen LogP contribution >= 0.6 is 0 Å². The van der Waals surface area contributed by atoms with Crippen molar-refractivity contribution in [3.05, 3.63) is 35.9 Å². The Bertz CT molecular complexity index is 549. The summed E-state index contributed by atoms with van der Waals surface area (Å²) < 4.78 is 0. The van der Waals surface area contributed by atoms with E-state index in [4.69, 9.17) is 0 Å². The highest BCUT2D eigenvalue weighted by atomic mass is 16.2. The summed E-state index contributed by atoms with van der Waals surface area (Å²) in [6, 6.07) is 9.50. The van der Waals surface area contributed by atoms with Crippen molar-refractivity contribution in [1.82, 2.24) is 21.3 Å². The number of carbonyl (C=O) groups excluding carboxylic acids is 3. The maximum atomic E-state index is 11.7. The highest BCUT2D eigenvalue weighted by molar-refractivity contribution is 5.84. The predicted octanol–water partition coefficient (Wildman–Crippen LogP) is 0.949. The first-order valence-corrected chi connectivity index (χ1v) is 8.63. The Balaban J connectivity index is 2.07. The Morgan fingerprint density at radius 3 is 2.36 bits per heavy atom. The molecule has 25 heavy (non-hydrogen) atoms. The standard InChI is InChI=1S/C18H28N4O3/c1-3-14(2)22-16(23)10-12-20-18(25)21-13-17(24)19-11-9-15-7-5-4-6-8-15/h4-8,14H,3,9-13H2,1-2H3,(H,19,24)(H,22,23)(H2,20,21,25). The quantitative estimate of drug-likeness (QED) is 0.506. The molecule has 0 saturated carbocycles. The van der Waals surface area contributed by atoms with Crippen molar-refractivity contribution in [3.8, 4) is 0 Å². The third-order valence-electron chi connectivity index (χ3n) is 3.65.